The van der Waals surface area contributed by atoms with Crippen molar-refractivity contribution in [1.29, 1.82) is 0 Å². The van der Waals surface area contributed by atoms with Gasteiger partial charge in [-0.25, -0.2) is 0 Å². The summed E-state index contributed by atoms with van der Waals surface area (Å²) in [5, 5.41) is 7.37. The van der Waals surface area contributed by atoms with Crippen LogP contribution in [-0.4, -0.2) is 11.2 Å². The highest BCUT2D eigenvalue weighted by Gasteiger charge is 2.30. The van der Waals surface area contributed by atoms with Crippen LogP contribution in [0.1, 0.15) is 38.1 Å². The molecule has 3 nitrogen and oxygen atoms in total. The third-order valence-corrected chi connectivity index (χ3v) is 3.36. The van der Waals surface area contributed by atoms with E-state index in [0.717, 1.165) is 29.8 Å². The van der Waals surface area contributed by atoms with Gasteiger partial charge in [0.1, 0.15) is 0 Å². The summed E-state index contributed by atoms with van der Waals surface area (Å²) in [5.74, 6) is 2.69. The third-order valence-electron chi connectivity index (χ3n) is 3.36. The van der Waals surface area contributed by atoms with Gasteiger partial charge in [0.25, 0.3) is 0 Å². The average Bonchev–Trinajstić information content (AvgIpc) is 2.48. The Morgan fingerprint density at radius 1 is 1.53 bits per heavy atom. The van der Waals surface area contributed by atoms with Gasteiger partial charge in [-0.1, -0.05) is 19.0 Å². The van der Waals surface area contributed by atoms with Gasteiger partial charge in [-0.05, 0) is 31.6 Å². The standard InChI is InChI=1S/C12H20N2O/c1-8(2)10-5-11(6-10)13-7-12-4-9(3)14-15-12/h4,8,10-11,13H,5-7H2,1-3H3. The minimum atomic E-state index is 0.683. The number of aromatic nitrogens is 1. The Kier molecular flexibility index (Phi) is 3.10. The van der Waals surface area contributed by atoms with E-state index < -0.39 is 0 Å². The fourth-order valence-electron chi connectivity index (χ4n) is 2.12. The molecule has 0 unspecified atom stereocenters. The van der Waals surface area contributed by atoms with Gasteiger partial charge in [0, 0.05) is 12.1 Å². The van der Waals surface area contributed by atoms with Gasteiger partial charge in [-0.15, -0.1) is 0 Å². The smallest absolute Gasteiger partial charge is 0.150 e. The molecule has 1 aromatic heterocycles. The number of hydrogen-bond donors (Lipinski definition) is 1. The zero-order chi connectivity index (χ0) is 10.8. The molecule has 1 aromatic rings. The van der Waals surface area contributed by atoms with Crippen LogP contribution < -0.4 is 5.32 Å². The highest BCUT2D eigenvalue weighted by molar-refractivity contribution is 5.03. The Morgan fingerprint density at radius 2 is 2.27 bits per heavy atom. The second-order valence-electron chi connectivity index (χ2n) is 4.99. The lowest BCUT2D eigenvalue weighted by Gasteiger charge is -2.38. The van der Waals surface area contributed by atoms with Crippen LogP contribution in [-0.2, 0) is 6.54 Å². The SMILES string of the molecule is Cc1cc(CNC2CC(C(C)C)C2)on1. The van der Waals surface area contributed by atoms with Crippen molar-refractivity contribution in [3.63, 3.8) is 0 Å². The van der Waals surface area contributed by atoms with E-state index in [9.17, 15) is 0 Å². The van der Waals surface area contributed by atoms with E-state index >= 15 is 0 Å². The molecule has 1 N–H and O–H groups in total. The molecule has 0 spiro atoms. The van der Waals surface area contributed by atoms with Crippen LogP contribution in [0.25, 0.3) is 0 Å². The molecule has 1 saturated carbocycles. The molecule has 0 saturated heterocycles. The molecule has 1 aliphatic rings. The summed E-state index contributed by atoms with van der Waals surface area (Å²) >= 11 is 0. The largest absolute Gasteiger partial charge is 0.360 e. The van der Waals surface area contributed by atoms with Gasteiger partial charge < -0.3 is 9.84 Å². The first kappa shape index (κ1) is 10.7. The maximum absolute atomic E-state index is 5.15. The van der Waals surface area contributed by atoms with E-state index in [1.165, 1.54) is 12.8 Å². The quantitative estimate of drug-likeness (QED) is 0.826. The fourth-order valence-corrected chi connectivity index (χ4v) is 2.12. The molecule has 0 bridgehead atoms. The van der Waals surface area contributed by atoms with Crippen LogP contribution in [0.3, 0.4) is 0 Å². The van der Waals surface area contributed by atoms with E-state index in [-0.39, 0.29) is 0 Å². The van der Waals surface area contributed by atoms with Crippen molar-refractivity contribution in [1.82, 2.24) is 10.5 Å². The minimum absolute atomic E-state index is 0.683. The molecular formula is C12H20N2O. The Labute approximate surface area is 91.2 Å². The van der Waals surface area contributed by atoms with E-state index in [0.29, 0.717) is 6.04 Å². The first-order valence-electron chi connectivity index (χ1n) is 5.80. The number of nitrogens with zero attached hydrogens (tertiary/aromatic N) is 1. The summed E-state index contributed by atoms with van der Waals surface area (Å²) in [5.41, 5.74) is 0.959. The number of rotatable bonds is 4. The number of nitrogens with one attached hydrogen (secondary N) is 1. The molecule has 0 atom stereocenters. The first-order valence-corrected chi connectivity index (χ1v) is 5.80. The maximum atomic E-state index is 5.15. The summed E-state index contributed by atoms with van der Waals surface area (Å²) < 4.78 is 5.15. The van der Waals surface area contributed by atoms with Crippen LogP contribution in [0.4, 0.5) is 0 Å². The topological polar surface area (TPSA) is 38.1 Å². The predicted octanol–water partition coefficient (Wildman–Crippen LogP) is 2.51. The van der Waals surface area contributed by atoms with Crippen molar-refractivity contribution >= 4 is 0 Å². The second-order valence-corrected chi connectivity index (χ2v) is 4.99. The Morgan fingerprint density at radius 3 is 2.80 bits per heavy atom. The van der Waals surface area contributed by atoms with Gasteiger partial charge in [-0.3, -0.25) is 0 Å². The average molecular weight is 208 g/mol. The van der Waals surface area contributed by atoms with Crippen LogP contribution >= 0.6 is 0 Å². The molecule has 15 heavy (non-hydrogen) atoms. The molecule has 0 radical (unpaired) electrons. The molecule has 1 fully saturated rings. The highest BCUT2D eigenvalue weighted by Crippen LogP contribution is 2.33. The van der Waals surface area contributed by atoms with Crippen molar-refractivity contribution < 1.29 is 4.52 Å². The lowest BCUT2D eigenvalue weighted by atomic mass is 9.74. The molecular weight excluding hydrogens is 188 g/mol. The van der Waals surface area contributed by atoms with Crippen molar-refractivity contribution in [3.05, 3.63) is 17.5 Å². The van der Waals surface area contributed by atoms with Gasteiger partial charge >= 0.3 is 0 Å². The lowest BCUT2D eigenvalue weighted by Crippen LogP contribution is -2.42. The van der Waals surface area contributed by atoms with E-state index in [1.807, 2.05) is 13.0 Å². The van der Waals surface area contributed by atoms with Gasteiger partial charge in [0.15, 0.2) is 5.76 Å². The van der Waals surface area contributed by atoms with Gasteiger partial charge in [-0.2, -0.15) is 0 Å². The normalized spacial score (nSPS) is 25.6. The molecule has 2 rings (SSSR count). The van der Waals surface area contributed by atoms with Gasteiger partial charge in [0.2, 0.25) is 0 Å². The molecule has 84 valence electrons. The lowest BCUT2D eigenvalue weighted by molar-refractivity contribution is 0.164. The Hall–Kier alpha value is -0.830. The summed E-state index contributed by atoms with van der Waals surface area (Å²) in [6.07, 6.45) is 2.62. The predicted molar refractivity (Wildman–Crippen MR) is 59.4 cm³/mol. The van der Waals surface area contributed by atoms with Crippen molar-refractivity contribution in [2.75, 3.05) is 0 Å². The number of hydrogen-bond acceptors (Lipinski definition) is 3. The van der Waals surface area contributed by atoms with Crippen LogP contribution in [0, 0.1) is 18.8 Å². The van der Waals surface area contributed by atoms with E-state index in [4.69, 9.17) is 4.52 Å². The summed E-state index contributed by atoms with van der Waals surface area (Å²) in [4.78, 5) is 0. The molecule has 3 heteroatoms. The molecule has 0 aromatic carbocycles. The van der Waals surface area contributed by atoms with E-state index in [2.05, 4.69) is 24.3 Å². The zero-order valence-electron chi connectivity index (χ0n) is 9.79. The van der Waals surface area contributed by atoms with Crippen LogP contribution in [0.15, 0.2) is 10.6 Å². The third kappa shape index (κ3) is 2.59. The van der Waals surface area contributed by atoms with E-state index in [1.54, 1.807) is 0 Å². The molecule has 1 heterocycles. The fraction of sp³-hybridized carbons (Fsp3) is 0.750. The second kappa shape index (κ2) is 4.35. The van der Waals surface area contributed by atoms with Crippen molar-refractivity contribution in [2.24, 2.45) is 11.8 Å². The molecule has 0 amide bonds. The Bertz CT molecular complexity index is 313. The van der Waals surface area contributed by atoms with Crippen molar-refractivity contribution in [2.45, 2.75) is 46.2 Å². The monoisotopic (exact) mass is 208 g/mol. The molecule has 0 aliphatic heterocycles. The Balaban J connectivity index is 1.68. The van der Waals surface area contributed by atoms with Gasteiger partial charge in [0.05, 0.1) is 12.2 Å². The van der Waals surface area contributed by atoms with Crippen LogP contribution in [0.2, 0.25) is 0 Å². The summed E-state index contributed by atoms with van der Waals surface area (Å²) in [6, 6.07) is 2.67. The summed E-state index contributed by atoms with van der Waals surface area (Å²) in [6.45, 7) is 7.38. The van der Waals surface area contributed by atoms with Crippen molar-refractivity contribution in [3.8, 4) is 0 Å². The van der Waals surface area contributed by atoms with Crippen LogP contribution in [0.5, 0.6) is 0 Å². The maximum Gasteiger partial charge on any atom is 0.150 e. The highest BCUT2D eigenvalue weighted by atomic mass is 16.5. The summed E-state index contributed by atoms with van der Waals surface area (Å²) in [7, 11) is 0. The number of aryl methyl sites for hydroxylation is 1. The minimum Gasteiger partial charge on any atom is -0.360 e. The first-order chi connectivity index (χ1) is 7.15. The zero-order valence-corrected chi connectivity index (χ0v) is 9.79. The molecule has 1 aliphatic carbocycles.